The van der Waals surface area contributed by atoms with Gasteiger partial charge in [-0.25, -0.2) is 0 Å². The molecule has 0 atom stereocenters. The summed E-state index contributed by atoms with van der Waals surface area (Å²) in [4.78, 5) is 4.39. The predicted octanol–water partition coefficient (Wildman–Crippen LogP) is 2.25. The Balaban J connectivity index is 2.35. The van der Waals surface area contributed by atoms with Crippen LogP contribution in [0.25, 0.3) is 0 Å². The highest BCUT2D eigenvalue weighted by Gasteiger charge is 2.52. The first kappa shape index (κ1) is 13.6. The molecule has 1 aromatic rings. The maximum Gasteiger partial charge on any atom is 0.495 e. The lowest BCUT2D eigenvalue weighted by Crippen LogP contribution is -2.41. The Morgan fingerprint density at radius 1 is 1.17 bits per heavy atom. The fraction of sp³-hybridized carbons (Fsp3) is 0.643. The molecule has 4 heteroatoms. The molecule has 18 heavy (non-hydrogen) atoms. The molecule has 0 radical (unpaired) electrons. The third-order valence-electron chi connectivity index (χ3n) is 4.19. The van der Waals surface area contributed by atoms with E-state index in [0.717, 1.165) is 17.6 Å². The molecular formula is C14H22BNO2. The number of nitrogens with zero attached hydrogens (tertiary/aromatic N) is 1. The molecular weight excluding hydrogens is 225 g/mol. The summed E-state index contributed by atoms with van der Waals surface area (Å²) in [5.41, 5.74) is 2.81. The fourth-order valence-corrected chi connectivity index (χ4v) is 2.18. The maximum absolute atomic E-state index is 6.08. The normalized spacial score (nSPS) is 21.3. The van der Waals surface area contributed by atoms with Gasteiger partial charge in [0.15, 0.2) is 0 Å². The molecule has 0 saturated carbocycles. The van der Waals surface area contributed by atoms with Gasteiger partial charge in [0, 0.05) is 11.9 Å². The second kappa shape index (κ2) is 4.35. The van der Waals surface area contributed by atoms with E-state index in [1.165, 1.54) is 5.56 Å². The Morgan fingerprint density at radius 2 is 1.72 bits per heavy atom. The molecule has 1 fully saturated rings. The van der Waals surface area contributed by atoms with Crippen molar-refractivity contribution >= 4 is 12.6 Å². The highest BCUT2D eigenvalue weighted by Crippen LogP contribution is 2.36. The van der Waals surface area contributed by atoms with Crippen molar-refractivity contribution in [1.82, 2.24) is 4.98 Å². The average molecular weight is 247 g/mol. The minimum absolute atomic E-state index is 0.289. The number of rotatable bonds is 2. The minimum Gasteiger partial charge on any atom is -0.399 e. The predicted molar refractivity (Wildman–Crippen MR) is 74.1 cm³/mol. The molecule has 98 valence electrons. The van der Waals surface area contributed by atoms with Gasteiger partial charge in [-0.05, 0) is 58.1 Å². The van der Waals surface area contributed by atoms with Crippen molar-refractivity contribution in [2.75, 3.05) is 0 Å². The minimum atomic E-state index is -0.292. The van der Waals surface area contributed by atoms with Crippen molar-refractivity contribution in [1.29, 1.82) is 0 Å². The van der Waals surface area contributed by atoms with Crippen molar-refractivity contribution in [3.8, 4) is 0 Å². The monoisotopic (exact) mass is 247 g/mol. The zero-order chi connectivity index (χ0) is 13.6. The molecule has 3 nitrogen and oxygen atoms in total. The van der Waals surface area contributed by atoms with Crippen LogP contribution in [-0.4, -0.2) is 23.3 Å². The van der Waals surface area contributed by atoms with E-state index < -0.39 is 0 Å². The van der Waals surface area contributed by atoms with Gasteiger partial charge < -0.3 is 9.31 Å². The summed E-state index contributed by atoms with van der Waals surface area (Å²) in [5, 5.41) is 0. The number of aromatic nitrogens is 1. The van der Waals surface area contributed by atoms with Gasteiger partial charge in [-0.15, -0.1) is 0 Å². The lowest BCUT2D eigenvalue weighted by atomic mass is 9.76. The third-order valence-corrected chi connectivity index (χ3v) is 4.19. The molecule has 0 N–H and O–H groups in total. The maximum atomic E-state index is 6.08. The first-order chi connectivity index (χ1) is 8.28. The van der Waals surface area contributed by atoms with Crippen LogP contribution in [0.3, 0.4) is 0 Å². The van der Waals surface area contributed by atoms with Crippen LogP contribution in [0.5, 0.6) is 0 Å². The number of hydrogen-bond donors (Lipinski definition) is 0. The van der Waals surface area contributed by atoms with E-state index in [1.54, 1.807) is 0 Å². The lowest BCUT2D eigenvalue weighted by Gasteiger charge is -2.32. The number of hydrogen-bond acceptors (Lipinski definition) is 3. The number of aryl methyl sites for hydroxylation is 1. The van der Waals surface area contributed by atoms with Crippen LogP contribution in [-0.2, 0) is 15.7 Å². The van der Waals surface area contributed by atoms with Crippen LogP contribution >= 0.6 is 0 Å². The molecule has 0 aromatic carbocycles. The van der Waals surface area contributed by atoms with Crippen LogP contribution in [0.15, 0.2) is 12.3 Å². The second-order valence-electron chi connectivity index (χ2n) is 5.91. The smallest absolute Gasteiger partial charge is 0.399 e. The fourth-order valence-electron chi connectivity index (χ4n) is 2.18. The molecule has 0 unspecified atom stereocenters. The van der Waals surface area contributed by atoms with E-state index in [-0.39, 0.29) is 18.3 Å². The Bertz CT molecular complexity index is 441. The molecule has 0 amide bonds. The standard InChI is InChI=1S/C14H22BNO2/c1-7-12-10(2)11(8-9-16-12)15-17-13(3,4)14(5,6)18-15/h8-9H,7H2,1-6H3. The van der Waals surface area contributed by atoms with Gasteiger partial charge in [0.25, 0.3) is 0 Å². The highest BCUT2D eigenvalue weighted by molar-refractivity contribution is 6.62. The van der Waals surface area contributed by atoms with Gasteiger partial charge in [-0.1, -0.05) is 6.92 Å². The van der Waals surface area contributed by atoms with E-state index in [2.05, 4.69) is 46.5 Å². The Hall–Kier alpha value is -0.865. The average Bonchev–Trinajstić information content (AvgIpc) is 2.48. The summed E-state index contributed by atoms with van der Waals surface area (Å²) in [6.45, 7) is 12.5. The van der Waals surface area contributed by atoms with E-state index in [4.69, 9.17) is 9.31 Å². The van der Waals surface area contributed by atoms with Crippen molar-refractivity contribution in [2.45, 2.75) is 59.2 Å². The first-order valence-corrected chi connectivity index (χ1v) is 6.58. The quantitative estimate of drug-likeness (QED) is 0.751. The van der Waals surface area contributed by atoms with Crippen LogP contribution in [0.2, 0.25) is 0 Å². The molecule has 0 spiro atoms. The van der Waals surface area contributed by atoms with E-state index >= 15 is 0 Å². The molecule has 1 aliphatic heterocycles. The summed E-state index contributed by atoms with van der Waals surface area (Å²) >= 11 is 0. The SMILES string of the molecule is CCc1nccc(B2OC(C)(C)C(C)(C)O2)c1C. The van der Waals surface area contributed by atoms with Crippen molar-refractivity contribution in [2.24, 2.45) is 0 Å². The Kier molecular flexibility index (Phi) is 3.28. The molecule has 1 aliphatic rings. The van der Waals surface area contributed by atoms with Crippen LogP contribution in [0, 0.1) is 6.92 Å². The molecule has 2 rings (SSSR count). The van der Waals surface area contributed by atoms with Gasteiger partial charge in [-0.2, -0.15) is 0 Å². The highest BCUT2D eigenvalue weighted by atomic mass is 16.7. The topological polar surface area (TPSA) is 31.4 Å². The van der Waals surface area contributed by atoms with Crippen LogP contribution < -0.4 is 5.46 Å². The zero-order valence-electron chi connectivity index (χ0n) is 12.2. The zero-order valence-corrected chi connectivity index (χ0v) is 12.2. The summed E-state index contributed by atoms with van der Waals surface area (Å²) in [6, 6.07) is 2.00. The van der Waals surface area contributed by atoms with Crippen LogP contribution in [0.4, 0.5) is 0 Å². The first-order valence-electron chi connectivity index (χ1n) is 6.58. The van der Waals surface area contributed by atoms with Crippen molar-refractivity contribution in [3.05, 3.63) is 23.5 Å². The third kappa shape index (κ3) is 2.08. The Labute approximate surface area is 110 Å². The van der Waals surface area contributed by atoms with Gasteiger partial charge >= 0.3 is 7.12 Å². The second-order valence-corrected chi connectivity index (χ2v) is 5.91. The largest absolute Gasteiger partial charge is 0.495 e. The van der Waals surface area contributed by atoms with Gasteiger partial charge in [0.05, 0.1) is 11.2 Å². The molecule has 2 heterocycles. The summed E-state index contributed by atoms with van der Waals surface area (Å²) in [5.74, 6) is 0. The Morgan fingerprint density at radius 3 is 2.22 bits per heavy atom. The van der Waals surface area contributed by atoms with Gasteiger partial charge in [-0.3, -0.25) is 4.98 Å². The number of pyridine rings is 1. The van der Waals surface area contributed by atoms with Gasteiger partial charge in [0.1, 0.15) is 0 Å². The van der Waals surface area contributed by atoms with E-state index in [9.17, 15) is 0 Å². The lowest BCUT2D eigenvalue weighted by molar-refractivity contribution is 0.00578. The van der Waals surface area contributed by atoms with Crippen molar-refractivity contribution in [3.63, 3.8) is 0 Å². The summed E-state index contributed by atoms with van der Waals surface area (Å²) in [6.07, 6.45) is 2.77. The summed E-state index contributed by atoms with van der Waals surface area (Å²) < 4.78 is 12.2. The molecule has 0 aliphatic carbocycles. The molecule has 1 saturated heterocycles. The van der Waals surface area contributed by atoms with E-state index in [1.807, 2.05) is 12.3 Å². The van der Waals surface area contributed by atoms with Gasteiger partial charge in [0.2, 0.25) is 0 Å². The van der Waals surface area contributed by atoms with E-state index in [0.29, 0.717) is 0 Å². The molecule has 0 bridgehead atoms. The van der Waals surface area contributed by atoms with Crippen LogP contribution in [0.1, 0.15) is 45.9 Å². The van der Waals surface area contributed by atoms with Crippen molar-refractivity contribution < 1.29 is 9.31 Å². The molecule has 1 aromatic heterocycles. The summed E-state index contributed by atoms with van der Waals surface area (Å²) in [7, 11) is -0.289.